The van der Waals surface area contributed by atoms with Gasteiger partial charge in [-0.25, -0.2) is 0 Å². The Kier molecular flexibility index (Phi) is 6.44. The second kappa shape index (κ2) is 7.06. The molecule has 6 nitrogen and oxygen atoms in total. The van der Waals surface area contributed by atoms with Crippen LogP contribution in [0.25, 0.3) is 0 Å². The number of carboxylic acid groups (broad SMARTS) is 1. The van der Waals surface area contributed by atoms with E-state index in [1.54, 1.807) is 13.0 Å². The maximum absolute atomic E-state index is 11.0. The van der Waals surface area contributed by atoms with Crippen molar-refractivity contribution < 1.29 is 24.1 Å². The van der Waals surface area contributed by atoms with Gasteiger partial charge in [0.25, 0.3) is 0 Å². The van der Waals surface area contributed by atoms with Crippen molar-refractivity contribution in [1.29, 1.82) is 0 Å². The number of carbonyl (C=O) groups is 1. The number of aryl methyl sites for hydroxylation is 1. The van der Waals surface area contributed by atoms with E-state index in [9.17, 15) is 4.79 Å². The fourth-order valence-electron chi connectivity index (χ4n) is 1.81. The van der Waals surface area contributed by atoms with Crippen LogP contribution < -0.4 is 19.9 Å². The number of nitrogens with two attached hydrogens (primary N) is 1. The summed E-state index contributed by atoms with van der Waals surface area (Å²) in [5.74, 6) is -0.0571. The summed E-state index contributed by atoms with van der Waals surface area (Å²) in [7, 11) is 4.37. The Morgan fingerprint density at radius 1 is 1.21 bits per heavy atom. The van der Waals surface area contributed by atoms with Gasteiger partial charge in [0.05, 0.1) is 21.3 Å². The molecule has 1 unspecified atom stereocenters. The molecule has 0 heterocycles. The minimum absolute atomic E-state index is 0. The average Bonchev–Trinajstić information content (AvgIpc) is 2.36. The predicted octanol–water partition coefficient (Wildman–Crippen LogP) is 1.53. The van der Waals surface area contributed by atoms with Gasteiger partial charge in [-0.15, -0.1) is 12.4 Å². The second-order valence-electron chi connectivity index (χ2n) is 3.69. The third kappa shape index (κ3) is 3.21. The van der Waals surface area contributed by atoms with Crippen molar-refractivity contribution >= 4 is 18.4 Å². The molecule has 0 bridgehead atoms. The molecule has 1 rings (SSSR count). The number of ether oxygens (including phenoxy) is 3. The van der Waals surface area contributed by atoms with Gasteiger partial charge in [-0.2, -0.15) is 0 Å². The van der Waals surface area contributed by atoms with Crippen molar-refractivity contribution in [2.45, 2.75) is 13.0 Å². The summed E-state index contributed by atoms with van der Waals surface area (Å²) < 4.78 is 15.6. The van der Waals surface area contributed by atoms with Gasteiger partial charge in [0.1, 0.15) is 6.04 Å². The fraction of sp³-hybridized carbons (Fsp3) is 0.417. The summed E-state index contributed by atoms with van der Waals surface area (Å²) in [6.07, 6.45) is 0. The molecule has 0 aliphatic carbocycles. The Labute approximate surface area is 117 Å². The summed E-state index contributed by atoms with van der Waals surface area (Å²) in [6.45, 7) is 1.74. The average molecular weight is 292 g/mol. The van der Waals surface area contributed by atoms with Gasteiger partial charge in [0.15, 0.2) is 11.5 Å². The van der Waals surface area contributed by atoms with Crippen LogP contribution in [-0.4, -0.2) is 32.4 Å². The smallest absolute Gasteiger partial charge is 0.325 e. The predicted molar refractivity (Wildman–Crippen MR) is 72.6 cm³/mol. The second-order valence-corrected chi connectivity index (χ2v) is 3.69. The molecule has 0 aromatic heterocycles. The van der Waals surface area contributed by atoms with Crippen LogP contribution in [0.5, 0.6) is 17.2 Å². The molecule has 108 valence electrons. The molecule has 3 N–H and O–H groups in total. The van der Waals surface area contributed by atoms with E-state index in [-0.39, 0.29) is 18.2 Å². The quantitative estimate of drug-likeness (QED) is 0.855. The summed E-state index contributed by atoms with van der Waals surface area (Å²) in [5, 5.41) is 9.02. The Hall–Kier alpha value is -1.66. The van der Waals surface area contributed by atoms with Gasteiger partial charge >= 0.3 is 5.97 Å². The van der Waals surface area contributed by atoms with E-state index in [4.69, 9.17) is 25.1 Å². The highest BCUT2D eigenvalue weighted by molar-refractivity contribution is 5.85. The summed E-state index contributed by atoms with van der Waals surface area (Å²) in [4.78, 5) is 11.0. The van der Waals surface area contributed by atoms with Crippen molar-refractivity contribution in [1.82, 2.24) is 0 Å². The Bertz CT molecular complexity index is 464. The highest BCUT2D eigenvalue weighted by Crippen LogP contribution is 2.43. The van der Waals surface area contributed by atoms with Crippen molar-refractivity contribution in [2.75, 3.05) is 21.3 Å². The van der Waals surface area contributed by atoms with Gasteiger partial charge in [-0.3, -0.25) is 4.79 Å². The summed E-state index contributed by atoms with van der Waals surface area (Å²) in [6, 6.07) is 0.485. The Balaban J connectivity index is 0.00000324. The van der Waals surface area contributed by atoms with Crippen molar-refractivity contribution in [3.63, 3.8) is 0 Å². The Morgan fingerprint density at radius 3 is 2.11 bits per heavy atom. The molecular weight excluding hydrogens is 274 g/mol. The molecule has 0 amide bonds. The lowest BCUT2D eigenvalue weighted by Crippen LogP contribution is -2.22. The molecular formula is C12H18ClNO5. The van der Waals surface area contributed by atoms with Gasteiger partial charge in [-0.05, 0) is 18.6 Å². The number of methoxy groups -OCH3 is 3. The van der Waals surface area contributed by atoms with E-state index >= 15 is 0 Å². The standard InChI is InChI=1S/C12H17NO5.ClH/c1-6-5-7(16-2)10(17-3)11(18-4)8(6)9(13)12(14)15;/h5,9H,13H2,1-4H3,(H,14,15);1H. The van der Waals surface area contributed by atoms with E-state index in [0.717, 1.165) is 0 Å². The summed E-state index contributed by atoms with van der Waals surface area (Å²) >= 11 is 0. The van der Waals surface area contributed by atoms with Crippen LogP contribution >= 0.6 is 12.4 Å². The zero-order chi connectivity index (χ0) is 13.9. The minimum Gasteiger partial charge on any atom is -0.493 e. The number of aliphatic carboxylic acids is 1. The highest BCUT2D eigenvalue weighted by Gasteiger charge is 2.26. The first-order chi connectivity index (χ1) is 8.47. The zero-order valence-corrected chi connectivity index (χ0v) is 12.0. The first-order valence-corrected chi connectivity index (χ1v) is 5.25. The van der Waals surface area contributed by atoms with Crippen LogP contribution in [0.15, 0.2) is 6.07 Å². The normalized spacial score (nSPS) is 11.2. The van der Waals surface area contributed by atoms with E-state index < -0.39 is 12.0 Å². The topological polar surface area (TPSA) is 91.0 Å². The molecule has 0 fully saturated rings. The fourth-order valence-corrected chi connectivity index (χ4v) is 1.81. The number of halogens is 1. The molecule has 0 saturated carbocycles. The van der Waals surface area contributed by atoms with Crippen LogP contribution in [0.3, 0.4) is 0 Å². The molecule has 0 spiro atoms. The van der Waals surface area contributed by atoms with Crippen LogP contribution in [0.2, 0.25) is 0 Å². The molecule has 0 aliphatic rings. The molecule has 7 heteroatoms. The minimum atomic E-state index is -1.18. The number of carboxylic acids is 1. The third-order valence-corrected chi connectivity index (χ3v) is 2.65. The van der Waals surface area contributed by atoms with Gasteiger partial charge in [0, 0.05) is 5.56 Å². The zero-order valence-electron chi connectivity index (χ0n) is 11.2. The first kappa shape index (κ1) is 17.3. The molecule has 0 aliphatic heterocycles. The van der Waals surface area contributed by atoms with Gasteiger partial charge in [0.2, 0.25) is 5.75 Å². The highest BCUT2D eigenvalue weighted by atomic mass is 35.5. The van der Waals surface area contributed by atoms with Crippen LogP contribution in [0, 0.1) is 6.92 Å². The van der Waals surface area contributed by atoms with E-state index in [1.807, 2.05) is 0 Å². The molecule has 1 aromatic rings. The van der Waals surface area contributed by atoms with Crippen LogP contribution in [-0.2, 0) is 4.79 Å². The SMILES string of the molecule is COc1cc(C)c(C(N)C(=O)O)c(OC)c1OC.Cl. The van der Waals surface area contributed by atoms with Crippen molar-refractivity contribution in [3.8, 4) is 17.2 Å². The van der Waals surface area contributed by atoms with Crippen LogP contribution in [0.1, 0.15) is 17.2 Å². The lowest BCUT2D eigenvalue weighted by molar-refractivity contribution is -0.138. The molecule has 1 aromatic carbocycles. The first-order valence-electron chi connectivity index (χ1n) is 5.25. The van der Waals surface area contributed by atoms with Gasteiger partial charge < -0.3 is 25.1 Å². The maximum Gasteiger partial charge on any atom is 0.325 e. The molecule has 19 heavy (non-hydrogen) atoms. The van der Waals surface area contributed by atoms with Crippen LogP contribution in [0.4, 0.5) is 0 Å². The molecule has 1 atom stereocenters. The van der Waals surface area contributed by atoms with E-state index in [0.29, 0.717) is 22.6 Å². The monoisotopic (exact) mass is 291 g/mol. The third-order valence-electron chi connectivity index (χ3n) is 2.65. The van der Waals surface area contributed by atoms with Crippen molar-refractivity contribution in [2.24, 2.45) is 5.73 Å². The van der Waals surface area contributed by atoms with Gasteiger partial charge in [-0.1, -0.05) is 0 Å². The summed E-state index contributed by atoms with van der Waals surface area (Å²) in [5.41, 5.74) is 6.70. The van der Waals surface area contributed by atoms with E-state index in [1.165, 1.54) is 21.3 Å². The largest absolute Gasteiger partial charge is 0.493 e. The number of rotatable bonds is 5. The number of hydrogen-bond donors (Lipinski definition) is 2. The van der Waals surface area contributed by atoms with E-state index in [2.05, 4.69) is 0 Å². The number of hydrogen-bond acceptors (Lipinski definition) is 5. The molecule has 0 radical (unpaired) electrons. The number of benzene rings is 1. The Morgan fingerprint density at radius 2 is 1.74 bits per heavy atom. The lowest BCUT2D eigenvalue weighted by atomic mass is 9.99. The van der Waals surface area contributed by atoms with Crippen molar-refractivity contribution in [3.05, 3.63) is 17.2 Å². The molecule has 0 saturated heterocycles. The lowest BCUT2D eigenvalue weighted by Gasteiger charge is -2.20. The maximum atomic E-state index is 11.0.